The van der Waals surface area contributed by atoms with E-state index in [9.17, 15) is 19.5 Å². The SMILES string of the molecule is C#CCCN1C(=O)C2C(c3ccccc3OC)NC(Cc3ccccc3)(C(=O)O)C2C1=O. The Morgan fingerprint density at radius 3 is 2.50 bits per heavy atom. The van der Waals surface area contributed by atoms with Gasteiger partial charge < -0.3 is 9.84 Å². The molecule has 32 heavy (non-hydrogen) atoms. The minimum absolute atomic E-state index is 0.0536. The smallest absolute Gasteiger partial charge is 0.325 e. The number of ether oxygens (including phenoxy) is 1. The third-order valence-electron chi connectivity index (χ3n) is 6.41. The van der Waals surface area contributed by atoms with Crippen molar-refractivity contribution in [1.82, 2.24) is 10.2 Å². The van der Waals surface area contributed by atoms with Crippen molar-refractivity contribution in [2.45, 2.75) is 24.4 Å². The number of nitrogens with zero attached hydrogens (tertiary/aromatic N) is 1. The molecule has 4 unspecified atom stereocenters. The van der Waals surface area contributed by atoms with E-state index in [-0.39, 0.29) is 19.4 Å². The first-order valence-electron chi connectivity index (χ1n) is 10.4. The van der Waals surface area contributed by atoms with E-state index in [0.29, 0.717) is 11.3 Å². The predicted octanol–water partition coefficient (Wildman–Crippen LogP) is 2.03. The van der Waals surface area contributed by atoms with Crippen LogP contribution in [0.4, 0.5) is 0 Å². The largest absolute Gasteiger partial charge is 0.496 e. The average molecular weight is 432 g/mol. The minimum Gasteiger partial charge on any atom is -0.496 e. The first kappa shape index (κ1) is 21.6. The van der Waals surface area contributed by atoms with Crippen LogP contribution in [0.25, 0.3) is 0 Å². The number of para-hydroxylation sites is 1. The molecule has 7 heteroatoms. The van der Waals surface area contributed by atoms with Crippen molar-refractivity contribution in [2.75, 3.05) is 13.7 Å². The van der Waals surface area contributed by atoms with Gasteiger partial charge in [0.1, 0.15) is 11.3 Å². The van der Waals surface area contributed by atoms with Crippen molar-refractivity contribution in [3.8, 4) is 18.1 Å². The number of aliphatic carboxylic acids is 1. The molecule has 2 N–H and O–H groups in total. The Kier molecular flexibility index (Phi) is 5.72. The number of hydrogen-bond donors (Lipinski definition) is 2. The Morgan fingerprint density at radius 1 is 1.16 bits per heavy atom. The molecule has 0 radical (unpaired) electrons. The molecule has 0 saturated carbocycles. The van der Waals surface area contributed by atoms with E-state index in [2.05, 4.69) is 11.2 Å². The van der Waals surface area contributed by atoms with Gasteiger partial charge in [-0.15, -0.1) is 12.3 Å². The van der Waals surface area contributed by atoms with Gasteiger partial charge >= 0.3 is 5.97 Å². The maximum atomic E-state index is 13.4. The molecule has 2 amide bonds. The molecule has 4 rings (SSSR count). The zero-order valence-electron chi connectivity index (χ0n) is 17.7. The Bertz CT molecular complexity index is 1090. The van der Waals surface area contributed by atoms with Gasteiger partial charge in [-0.25, -0.2) is 0 Å². The number of methoxy groups -OCH3 is 1. The lowest BCUT2D eigenvalue weighted by atomic mass is 9.76. The number of imide groups is 1. The fourth-order valence-electron chi connectivity index (χ4n) is 5.00. The van der Waals surface area contributed by atoms with E-state index in [1.165, 1.54) is 7.11 Å². The summed E-state index contributed by atoms with van der Waals surface area (Å²) < 4.78 is 5.48. The van der Waals surface area contributed by atoms with Gasteiger partial charge in [0.05, 0.1) is 18.9 Å². The quantitative estimate of drug-likeness (QED) is 0.514. The lowest BCUT2D eigenvalue weighted by Gasteiger charge is -2.31. The maximum absolute atomic E-state index is 13.4. The standard InChI is InChI=1S/C25H24N2O5/c1-3-4-14-27-22(28)19-20(23(27)29)25(24(30)31,15-16-10-6-5-7-11-16)26-21(19)17-12-8-9-13-18(17)32-2/h1,5-13,19-21,26H,4,14-15H2,2H3,(H,30,31). The molecule has 0 aromatic heterocycles. The summed E-state index contributed by atoms with van der Waals surface area (Å²) in [6.07, 6.45) is 5.62. The van der Waals surface area contributed by atoms with Crippen molar-refractivity contribution in [1.29, 1.82) is 0 Å². The number of rotatable bonds is 7. The highest BCUT2D eigenvalue weighted by Crippen LogP contribution is 2.51. The zero-order chi connectivity index (χ0) is 22.9. The van der Waals surface area contributed by atoms with Crippen molar-refractivity contribution in [2.24, 2.45) is 11.8 Å². The van der Waals surface area contributed by atoms with E-state index < -0.39 is 41.2 Å². The molecule has 0 spiro atoms. The Balaban J connectivity index is 1.86. The van der Waals surface area contributed by atoms with Crippen LogP contribution in [0, 0.1) is 24.2 Å². The summed E-state index contributed by atoms with van der Waals surface area (Å²) in [7, 11) is 1.51. The van der Waals surface area contributed by atoms with E-state index in [1.54, 1.807) is 24.3 Å². The molecule has 2 heterocycles. The van der Waals surface area contributed by atoms with Crippen LogP contribution in [0.3, 0.4) is 0 Å². The summed E-state index contributed by atoms with van der Waals surface area (Å²) in [5.74, 6) is -1.06. The van der Waals surface area contributed by atoms with Gasteiger partial charge in [-0.1, -0.05) is 48.5 Å². The van der Waals surface area contributed by atoms with Gasteiger partial charge in [0.15, 0.2) is 0 Å². The fraction of sp³-hybridized carbons (Fsp3) is 0.320. The number of carbonyl (C=O) groups is 3. The number of amides is 2. The van der Waals surface area contributed by atoms with Crippen LogP contribution in [0.5, 0.6) is 5.75 Å². The number of carbonyl (C=O) groups excluding carboxylic acids is 2. The maximum Gasteiger partial charge on any atom is 0.325 e. The lowest BCUT2D eigenvalue weighted by Crippen LogP contribution is -2.57. The summed E-state index contributed by atoms with van der Waals surface area (Å²) in [6.45, 7) is 0.0703. The topological polar surface area (TPSA) is 95.9 Å². The summed E-state index contributed by atoms with van der Waals surface area (Å²) >= 11 is 0. The summed E-state index contributed by atoms with van der Waals surface area (Å²) in [5, 5.41) is 13.6. The normalized spacial score (nSPS) is 26.6. The first-order valence-corrected chi connectivity index (χ1v) is 10.4. The van der Waals surface area contributed by atoms with Gasteiger partial charge in [0, 0.05) is 31.0 Å². The second-order valence-electron chi connectivity index (χ2n) is 8.09. The van der Waals surface area contributed by atoms with Crippen LogP contribution in [-0.2, 0) is 20.8 Å². The van der Waals surface area contributed by atoms with Gasteiger partial charge in [-0.3, -0.25) is 24.6 Å². The molecule has 7 nitrogen and oxygen atoms in total. The van der Waals surface area contributed by atoms with Gasteiger partial charge in [0.2, 0.25) is 11.8 Å². The zero-order valence-corrected chi connectivity index (χ0v) is 17.7. The number of carboxylic acids is 1. The minimum atomic E-state index is -1.66. The molecule has 2 fully saturated rings. The molecule has 164 valence electrons. The number of benzene rings is 2. The number of nitrogens with one attached hydrogen (secondary N) is 1. The van der Waals surface area contributed by atoms with Crippen LogP contribution >= 0.6 is 0 Å². The third kappa shape index (κ3) is 3.33. The van der Waals surface area contributed by atoms with Crippen LogP contribution in [0.15, 0.2) is 54.6 Å². The average Bonchev–Trinajstić information content (AvgIpc) is 3.27. The number of terminal acetylenes is 1. The number of carboxylic acid groups (broad SMARTS) is 1. The summed E-state index contributed by atoms with van der Waals surface area (Å²) in [6, 6.07) is 15.5. The monoisotopic (exact) mass is 432 g/mol. The molecular formula is C25H24N2O5. The molecule has 0 aliphatic carbocycles. The summed E-state index contributed by atoms with van der Waals surface area (Å²) in [5.41, 5.74) is -0.264. The second-order valence-corrected chi connectivity index (χ2v) is 8.09. The van der Waals surface area contributed by atoms with Crippen molar-refractivity contribution < 1.29 is 24.2 Å². The molecule has 2 aromatic rings. The molecular weight excluding hydrogens is 408 g/mol. The molecule has 2 saturated heterocycles. The molecule has 0 bridgehead atoms. The summed E-state index contributed by atoms with van der Waals surface area (Å²) in [4.78, 5) is 40.8. The van der Waals surface area contributed by atoms with Crippen LogP contribution in [0.2, 0.25) is 0 Å². The Hall–Kier alpha value is -3.63. The molecule has 2 aromatic carbocycles. The molecule has 2 aliphatic rings. The van der Waals surface area contributed by atoms with Gasteiger partial charge in [-0.05, 0) is 11.6 Å². The molecule has 4 atom stereocenters. The lowest BCUT2D eigenvalue weighted by molar-refractivity contribution is -0.151. The van der Waals surface area contributed by atoms with Gasteiger partial charge in [0.25, 0.3) is 0 Å². The van der Waals surface area contributed by atoms with Crippen molar-refractivity contribution >= 4 is 17.8 Å². The highest BCUT2D eigenvalue weighted by molar-refractivity contribution is 6.09. The fourth-order valence-corrected chi connectivity index (χ4v) is 5.00. The van der Waals surface area contributed by atoms with Crippen LogP contribution < -0.4 is 10.1 Å². The highest BCUT2D eigenvalue weighted by Gasteiger charge is 2.68. The van der Waals surface area contributed by atoms with Crippen molar-refractivity contribution in [3.05, 3.63) is 65.7 Å². The van der Waals surface area contributed by atoms with Crippen LogP contribution in [-0.4, -0.2) is 47.0 Å². The predicted molar refractivity (Wildman–Crippen MR) is 117 cm³/mol. The number of hydrogen-bond acceptors (Lipinski definition) is 5. The highest BCUT2D eigenvalue weighted by atomic mass is 16.5. The van der Waals surface area contributed by atoms with Gasteiger partial charge in [-0.2, -0.15) is 0 Å². The Labute approximate surface area is 186 Å². The van der Waals surface area contributed by atoms with Crippen LogP contribution in [0.1, 0.15) is 23.6 Å². The van der Waals surface area contributed by atoms with Crippen molar-refractivity contribution in [3.63, 3.8) is 0 Å². The second kappa shape index (κ2) is 8.48. The van der Waals surface area contributed by atoms with E-state index in [0.717, 1.165) is 10.5 Å². The third-order valence-corrected chi connectivity index (χ3v) is 6.41. The van der Waals surface area contributed by atoms with E-state index in [1.807, 2.05) is 30.3 Å². The van der Waals surface area contributed by atoms with E-state index in [4.69, 9.17) is 11.2 Å². The van der Waals surface area contributed by atoms with E-state index >= 15 is 0 Å². The number of likely N-dealkylation sites (tertiary alicyclic amines) is 1. The number of fused-ring (bicyclic) bond motifs is 1. The molecule has 2 aliphatic heterocycles. The first-order chi connectivity index (χ1) is 15.4. The Morgan fingerprint density at radius 2 is 1.84 bits per heavy atom.